The molecule has 2 heterocycles. The van der Waals surface area contributed by atoms with Gasteiger partial charge in [0.05, 0.1) is 6.61 Å². The van der Waals surface area contributed by atoms with E-state index in [4.69, 9.17) is 9.47 Å². The van der Waals surface area contributed by atoms with Crippen molar-refractivity contribution in [3.8, 4) is 5.75 Å². The number of rotatable bonds is 3. The largest absolute Gasteiger partial charge is 0.460 e. The number of fused-ring (bicyclic) bond motifs is 1. The molecule has 7 nitrogen and oxygen atoms in total. The van der Waals surface area contributed by atoms with Gasteiger partial charge < -0.3 is 29.9 Å². The van der Waals surface area contributed by atoms with Crippen LogP contribution in [-0.4, -0.2) is 62.7 Å². The molecule has 5 atom stereocenters. The monoisotopic (exact) mass is 307 g/mol. The van der Waals surface area contributed by atoms with Gasteiger partial charge in [0.15, 0.2) is 0 Å². The molecule has 1 aliphatic heterocycles. The minimum Gasteiger partial charge on any atom is -0.460 e. The average molecular weight is 307 g/mol. The van der Waals surface area contributed by atoms with Crippen molar-refractivity contribution in [2.45, 2.75) is 30.7 Å². The standard InChI is InChI=1S/C15H17NO6/c17-7-10-12(18)13(19)14(20)15(22-10)21-9-5-1-3-8-4-2-6-16-11(8)9/h1-6,10,12-15,17-20H,7H2/t10-,12+,13+,14-,15-/m0/s1. The zero-order valence-corrected chi connectivity index (χ0v) is 11.6. The maximum Gasteiger partial charge on any atom is 0.229 e. The molecule has 0 aliphatic carbocycles. The Bertz CT molecular complexity index is 643. The van der Waals surface area contributed by atoms with E-state index < -0.39 is 37.3 Å². The molecule has 0 amide bonds. The van der Waals surface area contributed by atoms with Crippen molar-refractivity contribution in [2.75, 3.05) is 6.61 Å². The van der Waals surface area contributed by atoms with Gasteiger partial charge in [0.2, 0.25) is 6.29 Å². The third-order valence-electron chi connectivity index (χ3n) is 3.69. The molecule has 0 radical (unpaired) electrons. The van der Waals surface area contributed by atoms with Crippen LogP contribution in [0, 0.1) is 0 Å². The summed E-state index contributed by atoms with van der Waals surface area (Å²) in [5.74, 6) is 0.377. The van der Waals surface area contributed by atoms with E-state index in [1.54, 1.807) is 24.4 Å². The molecule has 1 aromatic heterocycles. The van der Waals surface area contributed by atoms with Crippen molar-refractivity contribution in [1.82, 2.24) is 4.98 Å². The first-order valence-corrected chi connectivity index (χ1v) is 6.92. The third kappa shape index (κ3) is 2.65. The highest BCUT2D eigenvalue weighted by Crippen LogP contribution is 2.28. The molecular formula is C15H17NO6. The van der Waals surface area contributed by atoms with E-state index in [0.29, 0.717) is 11.3 Å². The topological polar surface area (TPSA) is 112 Å². The molecule has 0 saturated carbocycles. The fourth-order valence-corrected chi connectivity index (χ4v) is 2.46. The van der Waals surface area contributed by atoms with Crippen LogP contribution in [0.5, 0.6) is 5.75 Å². The van der Waals surface area contributed by atoms with Crippen LogP contribution in [0.1, 0.15) is 0 Å². The summed E-state index contributed by atoms with van der Waals surface area (Å²) in [7, 11) is 0. The maximum absolute atomic E-state index is 9.99. The van der Waals surface area contributed by atoms with Gasteiger partial charge in [0, 0.05) is 11.6 Å². The van der Waals surface area contributed by atoms with Crippen molar-refractivity contribution in [3.05, 3.63) is 36.5 Å². The molecule has 1 aliphatic rings. The first-order chi connectivity index (χ1) is 10.6. The maximum atomic E-state index is 9.99. The number of benzene rings is 1. The molecule has 1 saturated heterocycles. The lowest BCUT2D eigenvalue weighted by molar-refractivity contribution is -0.277. The number of ether oxygens (including phenoxy) is 2. The van der Waals surface area contributed by atoms with E-state index in [0.717, 1.165) is 5.39 Å². The highest BCUT2D eigenvalue weighted by atomic mass is 16.7. The summed E-state index contributed by atoms with van der Waals surface area (Å²) in [6.45, 7) is -0.501. The Labute approximate surface area is 126 Å². The summed E-state index contributed by atoms with van der Waals surface area (Å²) in [4.78, 5) is 4.22. The number of nitrogens with zero attached hydrogens (tertiary/aromatic N) is 1. The van der Waals surface area contributed by atoms with Gasteiger partial charge in [-0.2, -0.15) is 0 Å². The van der Waals surface area contributed by atoms with Crippen LogP contribution in [0.2, 0.25) is 0 Å². The van der Waals surface area contributed by atoms with Crippen LogP contribution in [0.25, 0.3) is 10.9 Å². The van der Waals surface area contributed by atoms with Gasteiger partial charge in [0.1, 0.15) is 35.7 Å². The highest BCUT2D eigenvalue weighted by molar-refractivity contribution is 5.84. The Hall–Kier alpha value is -1.77. The molecule has 1 fully saturated rings. The molecule has 0 spiro atoms. The fourth-order valence-electron chi connectivity index (χ4n) is 2.46. The van der Waals surface area contributed by atoms with Gasteiger partial charge in [-0.3, -0.25) is 4.98 Å². The zero-order valence-electron chi connectivity index (χ0n) is 11.6. The van der Waals surface area contributed by atoms with Crippen LogP contribution < -0.4 is 4.74 Å². The lowest BCUT2D eigenvalue weighted by Gasteiger charge is -2.39. The molecule has 118 valence electrons. The summed E-state index contributed by atoms with van der Waals surface area (Å²) in [6, 6.07) is 8.95. The van der Waals surface area contributed by atoms with Gasteiger partial charge >= 0.3 is 0 Å². The second-order valence-corrected chi connectivity index (χ2v) is 5.15. The third-order valence-corrected chi connectivity index (χ3v) is 3.69. The Morgan fingerprint density at radius 1 is 1.05 bits per heavy atom. The SMILES string of the molecule is OC[C@@H]1O[C@H](Oc2cccc3cccnc23)[C@@H](O)[C@H](O)[C@@H]1O. The van der Waals surface area contributed by atoms with Crippen molar-refractivity contribution < 1.29 is 29.9 Å². The second-order valence-electron chi connectivity index (χ2n) is 5.15. The lowest BCUT2D eigenvalue weighted by Crippen LogP contribution is -2.60. The van der Waals surface area contributed by atoms with Crippen LogP contribution >= 0.6 is 0 Å². The summed E-state index contributed by atoms with van der Waals surface area (Å²) in [5, 5.41) is 39.5. The summed E-state index contributed by atoms with van der Waals surface area (Å²) in [6.07, 6.45) is -4.95. The first-order valence-electron chi connectivity index (χ1n) is 6.92. The minimum absolute atomic E-state index is 0.377. The van der Waals surface area contributed by atoms with Crippen molar-refractivity contribution >= 4 is 10.9 Å². The predicted molar refractivity (Wildman–Crippen MR) is 76.1 cm³/mol. The molecule has 22 heavy (non-hydrogen) atoms. The van der Waals surface area contributed by atoms with E-state index in [1.165, 1.54) is 0 Å². The smallest absolute Gasteiger partial charge is 0.229 e. The van der Waals surface area contributed by atoms with E-state index in [9.17, 15) is 20.4 Å². The molecular weight excluding hydrogens is 290 g/mol. The molecule has 0 unspecified atom stereocenters. The van der Waals surface area contributed by atoms with E-state index in [-0.39, 0.29) is 0 Å². The van der Waals surface area contributed by atoms with Crippen molar-refractivity contribution in [1.29, 1.82) is 0 Å². The molecule has 4 N–H and O–H groups in total. The molecule has 7 heteroatoms. The lowest BCUT2D eigenvalue weighted by atomic mass is 9.99. The van der Waals surface area contributed by atoms with Gasteiger partial charge in [-0.25, -0.2) is 0 Å². The van der Waals surface area contributed by atoms with Crippen molar-refractivity contribution in [2.24, 2.45) is 0 Å². The Balaban J connectivity index is 1.87. The van der Waals surface area contributed by atoms with Crippen LogP contribution in [-0.2, 0) is 4.74 Å². The number of hydrogen-bond acceptors (Lipinski definition) is 7. The van der Waals surface area contributed by atoms with Crippen LogP contribution in [0.4, 0.5) is 0 Å². The quantitative estimate of drug-likeness (QED) is 0.600. The van der Waals surface area contributed by atoms with Gasteiger partial charge in [-0.1, -0.05) is 18.2 Å². The fraction of sp³-hybridized carbons (Fsp3) is 0.400. The Morgan fingerprint density at radius 3 is 2.59 bits per heavy atom. The summed E-state index contributed by atoms with van der Waals surface area (Å²) in [5.41, 5.74) is 0.585. The Kier molecular flexibility index (Phi) is 4.23. The second kappa shape index (κ2) is 6.15. The number of pyridine rings is 1. The van der Waals surface area contributed by atoms with Crippen LogP contribution in [0.15, 0.2) is 36.5 Å². The number of aromatic nitrogens is 1. The van der Waals surface area contributed by atoms with Crippen molar-refractivity contribution in [3.63, 3.8) is 0 Å². The average Bonchev–Trinajstić information content (AvgIpc) is 2.55. The van der Waals surface area contributed by atoms with Gasteiger partial charge in [0.25, 0.3) is 0 Å². The van der Waals surface area contributed by atoms with Gasteiger partial charge in [-0.05, 0) is 12.1 Å². The molecule has 2 aromatic rings. The predicted octanol–water partition coefficient (Wildman–Crippen LogP) is -0.587. The number of hydrogen-bond donors (Lipinski definition) is 4. The normalized spacial score (nSPS) is 32.1. The molecule has 1 aromatic carbocycles. The van der Waals surface area contributed by atoms with Crippen LogP contribution in [0.3, 0.4) is 0 Å². The number of para-hydroxylation sites is 1. The minimum atomic E-state index is -1.47. The van der Waals surface area contributed by atoms with E-state index in [1.807, 2.05) is 12.1 Å². The van der Waals surface area contributed by atoms with Gasteiger partial charge in [-0.15, -0.1) is 0 Å². The van der Waals surface area contributed by atoms with E-state index >= 15 is 0 Å². The summed E-state index contributed by atoms with van der Waals surface area (Å²) < 4.78 is 10.9. The number of aliphatic hydroxyl groups excluding tert-OH is 4. The highest BCUT2D eigenvalue weighted by Gasteiger charge is 2.44. The Morgan fingerprint density at radius 2 is 1.82 bits per heavy atom. The molecule has 0 bridgehead atoms. The number of aliphatic hydroxyl groups is 4. The zero-order chi connectivity index (χ0) is 15.7. The van der Waals surface area contributed by atoms with E-state index in [2.05, 4.69) is 4.98 Å². The summed E-state index contributed by atoms with van der Waals surface area (Å²) >= 11 is 0. The molecule has 3 rings (SSSR count). The first kappa shape index (κ1) is 15.1.